The second-order valence-corrected chi connectivity index (χ2v) is 7.10. The van der Waals surface area contributed by atoms with Gasteiger partial charge >= 0.3 is 5.97 Å². The molecule has 0 bridgehead atoms. The van der Waals surface area contributed by atoms with Crippen molar-refractivity contribution < 1.29 is 14.3 Å². The van der Waals surface area contributed by atoms with Crippen LogP contribution in [0.5, 0.6) is 0 Å². The second kappa shape index (κ2) is 9.03. The van der Waals surface area contributed by atoms with Crippen molar-refractivity contribution in [3.8, 4) is 17.1 Å². The van der Waals surface area contributed by atoms with E-state index in [2.05, 4.69) is 20.5 Å². The molecular formula is C22H19ClN6O3. The van der Waals surface area contributed by atoms with Gasteiger partial charge in [0.2, 0.25) is 0 Å². The number of pyridine rings is 1. The molecule has 0 fully saturated rings. The lowest BCUT2D eigenvalue weighted by Crippen LogP contribution is -2.12. The highest BCUT2D eigenvalue weighted by Crippen LogP contribution is 2.27. The third-order valence-electron chi connectivity index (χ3n) is 4.59. The maximum Gasteiger partial charge on any atom is 0.358 e. The van der Waals surface area contributed by atoms with Gasteiger partial charge in [-0.15, -0.1) is 0 Å². The Morgan fingerprint density at radius 3 is 2.69 bits per heavy atom. The van der Waals surface area contributed by atoms with Gasteiger partial charge in [0.15, 0.2) is 11.5 Å². The van der Waals surface area contributed by atoms with Gasteiger partial charge in [0, 0.05) is 24.5 Å². The SMILES string of the molecule is CCOC(=O)c1cc(-c2cccc(NC(=O)c3cnn(C)c3Cl)c2)n(-c2ccccn2)n1. The van der Waals surface area contributed by atoms with Crippen LogP contribution in [0.1, 0.15) is 27.8 Å². The largest absolute Gasteiger partial charge is 0.461 e. The molecule has 0 saturated carbocycles. The molecule has 9 nitrogen and oxygen atoms in total. The molecule has 3 heterocycles. The molecule has 0 saturated heterocycles. The number of hydrogen-bond donors (Lipinski definition) is 1. The van der Waals surface area contributed by atoms with Crippen LogP contribution in [-0.4, -0.2) is 43.0 Å². The van der Waals surface area contributed by atoms with Gasteiger partial charge in [-0.25, -0.2) is 14.5 Å². The number of nitrogens with zero attached hydrogens (tertiary/aromatic N) is 5. The fraction of sp³-hybridized carbons (Fsp3) is 0.136. The van der Waals surface area contributed by atoms with Crippen molar-refractivity contribution in [1.29, 1.82) is 0 Å². The highest BCUT2D eigenvalue weighted by Gasteiger charge is 2.19. The first kappa shape index (κ1) is 21.3. The summed E-state index contributed by atoms with van der Waals surface area (Å²) in [5, 5.41) is 11.4. The molecule has 4 rings (SSSR count). The first-order chi connectivity index (χ1) is 15.5. The summed E-state index contributed by atoms with van der Waals surface area (Å²) in [7, 11) is 1.65. The van der Waals surface area contributed by atoms with Gasteiger partial charge in [-0.05, 0) is 37.3 Å². The lowest BCUT2D eigenvalue weighted by Gasteiger charge is -2.09. The summed E-state index contributed by atoms with van der Waals surface area (Å²) in [6.07, 6.45) is 3.04. The second-order valence-electron chi connectivity index (χ2n) is 6.74. The van der Waals surface area contributed by atoms with Gasteiger partial charge in [-0.3, -0.25) is 9.48 Å². The lowest BCUT2D eigenvalue weighted by molar-refractivity contribution is 0.0519. The predicted molar refractivity (Wildman–Crippen MR) is 119 cm³/mol. The lowest BCUT2D eigenvalue weighted by atomic mass is 10.1. The van der Waals surface area contributed by atoms with Crippen LogP contribution < -0.4 is 5.32 Å². The highest BCUT2D eigenvalue weighted by molar-refractivity contribution is 6.33. The number of hydrogen-bond acceptors (Lipinski definition) is 6. The average molecular weight is 451 g/mol. The fourth-order valence-corrected chi connectivity index (χ4v) is 3.25. The summed E-state index contributed by atoms with van der Waals surface area (Å²) >= 11 is 6.12. The molecule has 4 aromatic rings. The normalized spacial score (nSPS) is 10.7. The summed E-state index contributed by atoms with van der Waals surface area (Å²) in [5.41, 5.74) is 2.29. The number of aromatic nitrogens is 5. The van der Waals surface area contributed by atoms with Crippen molar-refractivity contribution in [1.82, 2.24) is 24.5 Å². The van der Waals surface area contributed by atoms with Crippen LogP contribution in [0.15, 0.2) is 60.9 Å². The van der Waals surface area contributed by atoms with Gasteiger partial charge in [0.1, 0.15) is 5.15 Å². The van der Waals surface area contributed by atoms with Crippen LogP contribution in [0.2, 0.25) is 5.15 Å². The molecule has 32 heavy (non-hydrogen) atoms. The molecule has 0 radical (unpaired) electrons. The minimum Gasteiger partial charge on any atom is -0.461 e. The van der Waals surface area contributed by atoms with Crippen LogP contribution in [0.25, 0.3) is 17.1 Å². The molecule has 162 valence electrons. The molecule has 0 atom stereocenters. The molecule has 1 aromatic carbocycles. The number of anilines is 1. The van der Waals surface area contributed by atoms with Crippen LogP contribution in [-0.2, 0) is 11.8 Å². The Hall–Kier alpha value is -3.98. The van der Waals surface area contributed by atoms with Gasteiger partial charge < -0.3 is 10.1 Å². The van der Waals surface area contributed by atoms with Crippen LogP contribution in [0.3, 0.4) is 0 Å². The number of carbonyl (C=O) groups is 2. The monoisotopic (exact) mass is 450 g/mol. The third kappa shape index (κ3) is 4.23. The molecule has 0 unspecified atom stereocenters. The quantitative estimate of drug-likeness (QED) is 0.448. The molecule has 0 aliphatic heterocycles. The Morgan fingerprint density at radius 2 is 2.00 bits per heavy atom. The molecule has 0 aliphatic rings. The molecule has 1 N–H and O–H groups in total. The first-order valence-electron chi connectivity index (χ1n) is 9.75. The number of ether oxygens (including phenoxy) is 1. The Morgan fingerprint density at radius 1 is 1.16 bits per heavy atom. The molecule has 0 spiro atoms. The zero-order chi connectivity index (χ0) is 22.7. The van der Waals surface area contributed by atoms with Crippen molar-refractivity contribution in [3.05, 3.63) is 77.3 Å². The number of rotatable bonds is 6. The summed E-state index contributed by atoms with van der Waals surface area (Å²) < 4.78 is 8.07. The minimum absolute atomic E-state index is 0.157. The standard InChI is InChI=1S/C22H19ClN6O3/c1-3-32-22(31)17-12-18(29(27-17)19-9-4-5-10-24-19)14-7-6-8-15(11-14)26-21(30)16-13-25-28(2)20(16)23/h4-13H,3H2,1-2H3,(H,26,30). The number of amides is 1. The number of carbonyl (C=O) groups excluding carboxylic acids is 2. The van der Waals surface area contributed by atoms with Gasteiger partial charge in [0.25, 0.3) is 5.91 Å². The van der Waals surface area contributed by atoms with E-state index in [4.69, 9.17) is 16.3 Å². The van der Waals surface area contributed by atoms with E-state index in [-0.39, 0.29) is 28.9 Å². The summed E-state index contributed by atoms with van der Waals surface area (Å²) in [4.78, 5) is 29.2. The average Bonchev–Trinajstić information content (AvgIpc) is 3.39. The summed E-state index contributed by atoms with van der Waals surface area (Å²) in [5.74, 6) is -0.376. The Labute approximate surface area is 188 Å². The van der Waals surface area contributed by atoms with E-state index in [1.807, 2.05) is 12.1 Å². The molecular weight excluding hydrogens is 432 g/mol. The molecule has 10 heteroatoms. The minimum atomic E-state index is -0.529. The number of nitrogens with one attached hydrogen (secondary N) is 1. The maximum atomic E-state index is 12.6. The van der Waals surface area contributed by atoms with Crippen molar-refractivity contribution in [3.63, 3.8) is 0 Å². The molecule has 3 aromatic heterocycles. The topological polar surface area (TPSA) is 104 Å². The van der Waals surface area contributed by atoms with Gasteiger partial charge in [-0.2, -0.15) is 10.2 Å². The van der Waals surface area contributed by atoms with Crippen molar-refractivity contribution in [2.75, 3.05) is 11.9 Å². The van der Waals surface area contributed by atoms with E-state index in [1.165, 1.54) is 10.9 Å². The number of aryl methyl sites for hydroxylation is 1. The van der Waals surface area contributed by atoms with Gasteiger partial charge in [0.05, 0.1) is 24.1 Å². The number of halogens is 1. The van der Waals surface area contributed by atoms with E-state index >= 15 is 0 Å². The first-order valence-corrected chi connectivity index (χ1v) is 10.1. The molecule has 1 amide bonds. The third-order valence-corrected chi connectivity index (χ3v) is 5.04. The van der Waals surface area contributed by atoms with Crippen LogP contribution >= 0.6 is 11.6 Å². The smallest absolute Gasteiger partial charge is 0.358 e. The van der Waals surface area contributed by atoms with E-state index in [9.17, 15) is 9.59 Å². The number of esters is 1. The highest BCUT2D eigenvalue weighted by atomic mass is 35.5. The zero-order valence-electron chi connectivity index (χ0n) is 17.3. The Bertz CT molecular complexity index is 1280. The van der Waals surface area contributed by atoms with Crippen molar-refractivity contribution in [2.45, 2.75) is 6.92 Å². The van der Waals surface area contributed by atoms with Crippen LogP contribution in [0, 0.1) is 0 Å². The van der Waals surface area contributed by atoms with Gasteiger partial charge in [-0.1, -0.05) is 29.8 Å². The van der Waals surface area contributed by atoms with E-state index < -0.39 is 5.97 Å². The summed E-state index contributed by atoms with van der Waals surface area (Å²) in [6, 6.07) is 14.2. The molecule has 0 aliphatic carbocycles. The zero-order valence-corrected chi connectivity index (χ0v) is 18.1. The Kier molecular flexibility index (Phi) is 6.00. The predicted octanol–water partition coefficient (Wildman–Crippen LogP) is 3.75. The van der Waals surface area contributed by atoms with E-state index in [0.717, 1.165) is 0 Å². The fourth-order valence-electron chi connectivity index (χ4n) is 3.07. The summed E-state index contributed by atoms with van der Waals surface area (Å²) in [6.45, 7) is 1.97. The maximum absolute atomic E-state index is 12.6. The number of benzene rings is 1. The van der Waals surface area contributed by atoms with Crippen LogP contribution in [0.4, 0.5) is 5.69 Å². The van der Waals surface area contributed by atoms with Crippen molar-refractivity contribution in [2.24, 2.45) is 7.05 Å². The van der Waals surface area contributed by atoms with Crippen molar-refractivity contribution >= 4 is 29.2 Å². The van der Waals surface area contributed by atoms with E-state index in [0.29, 0.717) is 22.8 Å². The Balaban J connectivity index is 1.71. The van der Waals surface area contributed by atoms with E-state index in [1.54, 1.807) is 61.2 Å².